The van der Waals surface area contributed by atoms with Crippen LogP contribution < -0.4 is 10.6 Å². The molecule has 1 amide bonds. The first-order chi connectivity index (χ1) is 7.24. The molecular weight excluding hydrogens is 188 g/mol. The van der Waals surface area contributed by atoms with Crippen LogP contribution in [0.15, 0.2) is 0 Å². The summed E-state index contributed by atoms with van der Waals surface area (Å²) in [4.78, 5) is 11.8. The SMILES string of the molecule is CCC1(NC(=O)CC2CCCN2)CCC1. The molecular formula is C12H22N2O. The number of hydrogen-bond donors (Lipinski definition) is 2. The van der Waals surface area contributed by atoms with E-state index in [1.54, 1.807) is 0 Å². The van der Waals surface area contributed by atoms with Crippen molar-refractivity contribution < 1.29 is 4.79 Å². The summed E-state index contributed by atoms with van der Waals surface area (Å²) in [6.45, 7) is 3.25. The van der Waals surface area contributed by atoms with Gasteiger partial charge in [0.05, 0.1) is 0 Å². The third kappa shape index (κ3) is 2.51. The van der Waals surface area contributed by atoms with Crippen LogP contribution in [0.5, 0.6) is 0 Å². The number of carbonyl (C=O) groups is 1. The lowest BCUT2D eigenvalue weighted by Crippen LogP contribution is -2.53. The molecule has 0 aromatic heterocycles. The maximum Gasteiger partial charge on any atom is 0.221 e. The summed E-state index contributed by atoms with van der Waals surface area (Å²) >= 11 is 0. The number of nitrogens with one attached hydrogen (secondary N) is 2. The molecule has 0 spiro atoms. The average Bonchev–Trinajstić information content (AvgIpc) is 2.64. The van der Waals surface area contributed by atoms with Crippen molar-refractivity contribution in [2.75, 3.05) is 6.54 Å². The van der Waals surface area contributed by atoms with Crippen LogP contribution in [-0.2, 0) is 4.79 Å². The Balaban J connectivity index is 1.76. The van der Waals surface area contributed by atoms with Crippen LogP contribution in [0.25, 0.3) is 0 Å². The van der Waals surface area contributed by atoms with Crippen LogP contribution >= 0.6 is 0 Å². The Labute approximate surface area is 92.0 Å². The molecule has 0 radical (unpaired) electrons. The molecule has 15 heavy (non-hydrogen) atoms. The van der Waals surface area contributed by atoms with Crippen LogP contribution in [0.4, 0.5) is 0 Å². The molecule has 1 aliphatic carbocycles. The molecule has 2 rings (SSSR count). The Morgan fingerprint density at radius 3 is 2.73 bits per heavy atom. The predicted molar refractivity (Wildman–Crippen MR) is 60.7 cm³/mol. The number of carbonyl (C=O) groups excluding carboxylic acids is 1. The molecule has 0 aromatic carbocycles. The Morgan fingerprint density at radius 1 is 1.47 bits per heavy atom. The summed E-state index contributed by atoms with van der Waals surface area (Å²) in [5.74, 6) is 0.246. The van der Waals surface area contributed by atoms with Gasteiger partial charge in [0.15, 0.2) is 0 Å². The summed E-state index contributed by atoms with van der Waals surface area (Å²) < 4.78 is 0. The molecule has 1 unspecified atom stereocenters. The van der Waals surface area contributed by atoms with Crippen molar-refractivity contribution in [1.29, 1.82) is 0 Å². The van der Waals surface area contributed by atoms with Gasteiger partial charge in [0, 0.05) is 18.0 Å². The highest BCUT2D eigenvalue weighted by Crippen LogP contribution is 2.34. The maximum atomic E-state index is 11.8. The molecule has 1 saturated carbocycles. The second-order valence-corrected chi connectivity index (χ2v) is 5.03. The minimum absolute atomic E-state index is 0.162. The van der Waals surface area contributed by atoms with Gasteiger partial charge in [0.1, 0.15) is 0 Å². The second-order valence-electron chi connectivity index (χ2n) is 5.03. The molecule has 1 saturated heterocycles. The van der Waals surface area contributed by atoms with Crippen molar-refractivity contribution >= 4 is 5.91 Å². The van der Waals surface area contributed by atoms with E-state index in [2.05, 4.69) is 17.6 Å². The monoisotopic (exact) mass is 210 g/mol. The lowest BCUT2D eigenvalue weighted by atomic mass is 9.74. The fourth-order valence-corrected chi connectivity index (χ4v) is 2.67. The summed E-state index contributed by atoms with van der Waals surface area (Å²) in [6, 6.07) is 0.430. The van der Waals surface area contributed by atoms with Crippen LogP contribution in [0.3, 0.4) is 0 Å². The van der Waals surface area contributed by atoms with E-state index in [4.69, 9.17) is 0 Å². The van der Waals surface area contributed by atoms with Crippen molar-refractivity contribution in [2.24, 2.45) is 0 Å². The summed E-state index contributed by atoms with van der Waals surface area (Å²) in [7, 11) is 0. The van der Waals surface area contributed by atoms with Crippen molar-refractivity contribution in [3.05, 3.63) is 0 Å². The van der Waals surface area contributed by atoms with Gasteiger partial charge in [-0.2, -0.15) is 0 Å². The van der Waals surface area contributed by atoms with Crippen molar-refractivity contribution in [3.8, 4) is 0 Å². The van der Waals surface area contributed by atoms with E-state index < -0.39 is 0 Å². The third-order valence-corrected chi connectivity index (χ3v) is 3.99. The predicted octanol–water partition coefficient (Wildman–Crippen LogP) is 1.58. The largest absolute Gasteiger partial charge is 0.351 e. The van der Waals surface area contributed by atoms with Crippen LogP contribution in [0.1, 0.15) is 51.9 Å². The Morgan fingerprint density at radius 2 is 2.27 bits per heavy atom. The second kappa shape index (κ2) is 4.52. The fourth-order valence-electron chi connectivity index (χ4n) is 2.67. The first-order valence-electron chi connectivity index (χ1n) is 6.28. The smallest absolute Gasteiger partial charge is 0.221 e. The summed E-state index contributed by atoms with van der Waals surface area (Å²) in [6.07, 6.45) is 7.75. The first-order valence-corrected chi connectivity index (χ1v) is 6.28. The van der Waals surface area contributed by atoms with E-state index in [9.17, 15) is 4.79 Å². The van der Waals surface area contributed by atoms with Gasteiger partial charge in [0.25, 0.3) is 0 Å². The van der Waals surface area contributed by atoms with E-state index in [1.807, 2.05) is 0 Å². The van der Waals surface area contributed by atoms with E-state index in [1.165, 1.54) is 25.7 Å². The Bertz CT molecular complexity index is 224. The quantitative estimate of drug-likeness (QED) is 0.739. The standard InChI is InChI=1S/C12H22N2O/c1-2-12(6-4-7-12)14-11(15)9-10-5-3-8-13-10/h10,13H,2-9H2,1H3,(H,14,15). The van der Waals surface area contributed by atoms with Gasteiger partial charge < -0.3 is 10.6 Å². The fraction of sp³-hybridized carbons (Fsp3) is 0.917. The Kier molecular flexibility index (Phi) is 3.29. The maximum absolute atomic E-state index is 11.8. The normalized spacial score (nSPS) is 28.5. The molecule has 1 heterocycles. The van der Waals surface area contributed by atoms with Gasteiger partial charge in [-0.25, -0.2) is 0 Å². The van der Waals surface area contributed by atoms with Crippen LogP contribution in [0, 0.1) is 0 Å². The molecule has 2 fully saturated rings. The zero-order chi connectivity index (χ0) is 10.7. The summed E-state index contributed by atoms with van der Waals surface area (Å²) in [5, 5.41) is 6.59. The molecule has 1 atom stereocenters. The highest BCUT2D eigenvalue weighted by Gasteiger charge is 2.36. The number of amides is 1. The zero-order valence-corrected chi connectivity index (χ0v) is 9.64. The third-order valence-electron chi connectivity index (χ3n) is 3.99. The van der Waals surface area contributed by atoms with Crippen LogP contribution in [-0.4, -0.2) is 24.0 Å². The molecule has 2 N–H and O–H groups in total. The first kappa shape index (κ1) is 10.9. The van der Waals surface area contributed by atoms with Crippen LogP contribution in [0.2, 0.25) is 0 Å². The Hall–Kier alpha value is -0.570. The minimum atomic E-state index is 0.162. The molecule has 2 aliphatic rings. The molecule has 0 aromatic rings. The van der Waals surface area contributed by atoms with Gasteiger partial charge >= 0.3 is 0 Å². The van der Waals surface area contributed by atoms with Gasteiger partial charge in [-0.1, -0.05) is 6.92 Å². The molecule has 3 heteroatoms. The summed E-state index contributed by atoms with van der Waals surface area (Å²) in [5.41, 5.74) is 0.162. The van der Waals surface area contributed by atoms with E-state index in [-0.39, 0.29) is 11.4 Å². The van der Waals surface area contributed by atoms with Gasteiger partial charge in [0.2, 0.25) is 5.91 Å². The lowest BCUT2D eigenvalue weighted by Gasteiger charge is -2.42. The molecule has 1 aliphatic heterocycles. The zero-order valence-electron chi connectivity index (χ0n) is 9.64. The van der Waals surface area contributed by atoms with E-state index in [0.717, 1.165) is 19.4 Å². The van der Waals surface area contributed by atoms with Crippen molar-refractivity contribution in [3.63, 3.8) is 0 Å². The molecule has 86 valence electrons. The highest BCUT2D eigenvalue weighted by molar-refractivity contribution is 5.77. The van der Waals surface area contributed by atoms with E-state index in [0.29, 0.717) is 12.5 Å². The van der Waals surface area contributed by atoms with Crippen molar-refractivity contribution in [2.45, 2.75) is 63.5 Å². The van der Waals surface area contributed by atoms with Gasteiger partial charge in [-0.15, -0.1) is 0 Å². The molecule has 0 bridgehead atoms. The van der Waals surface area contributed by atoms with Gasteiger partial charge in [-0.3, -0.25) is 4.79 Å². The van der Waals surface area contributed by atoms with Gasteiger partial charge in [-0.05, 0) is 45.1 Å². The average molecular weight is 210 g/mol. The number of rotatable bonds is 4. The van der Waals surface area contributed by atoms with Crippen molar-refractivity contribution in [1.82, 2.24) is 10.6 Å². The topological polar surface area (TPSA) is 41.1 Å². The highest BCUT2D eigenvalue weighted by atomic mass is 16.1. The lowest BCUT2D eigenvalue weighted by molar-refractivity contribution is -0.124. The molecule has 3 nitrogen and oxygen atoms in total. The minimum Gasteiger partial charge on any atom is -0.351 e. The number of hydrogen-bond acceptors (Lipinski definition) is 2. The van der Waals surface area contributed by atoms with E-state index >= 15 is 0 Å².